The Morgan fingerprint density at radius 1 is 0.575 bits per heavy atom. The number of hydrogen-bond donors (Lipinski definition) is 0. The molecule has 186 valence electrons. The molecule has 0 saturated carbocycles. The van der Waals surface area contributed by atoms with E-state index in [1.807, 2.05) is 18.2 Å². The summed E-state index contributed by atoms with van der Waals surface area (Å²) in [5, 5.41) is 10.7. The van der Waals surface area contributed by atoms with E-state index < -0.39 is 0 Å². The number of benzene rings is 7. The number of halogens is 1. The van der Waals surface area contributed by atoms with Crippen LogP contribution in [0, 0.1) is 5.82 Å². The van der Waals surface area contributed by atoms with Crippen molar-refractivity contribution in [3.63, 3.8) is 0 Å². The average molecular weight is 511 g/mol. The molecular weight excluding hydrogens is 487 g/mol. The van der Waals surface area contributed by atoms with Crippen LogP contribution in [-0.4, -0.2) is 0 Å². The first-order chi connectivity index (χ1) is 19.8. The molecule has 0 saturated heterocycles. The van der Waals surface area contributed by atoms with Gasteiger partial charge in [-0.3, -0.25) is 0 Å². The summed E-state index contributed by atoms with van der Waals surface area (Å²) in [6.07, 6.45) is 9.11. The molecule has 1 unspecified atom stereocenters. The fraction of sp³-hybridized carbons (Fsp3) is 0.0256. The molecule has 0 nitrogen and oxygen atoms in total. The minimum Gasteiger partial charge on any atom is -0.206 e. The number of fused-ring (bicyclic) bond motifs is 15. The Bertz CT molecular complexity index is 2380. The molecule has 1 heteroatoms. The van der Waals surface area contributed by atoms with Crippen molar-refractivity contribution >= 4 is 55.2 Å². The van der Waals surface area contributed by atoms with Crippen LogP contribution < -0.4 is 10.4 Å². The molecule has 9 rings (SSSR count). The second-order valence-corrected chi connectivity index (χ2v) is 10.9. The van der Waals surface area contributed by atoms with Gasteiger partial charge in [0.15, 0.2) is 0 Å². The van der Waals surface area contributed by atoms with Gasteiger partial charge in [-0.15, -0.1) is 0 Å². The highest BCUT2D eigenvalue weighted by Crippen LogP contribution is 2.47. The normalized spacial score (nSPS) is 15.2. The number of allylic oxidation sites excluding steroid dienone is 2. The second-order valence-electron chi connectivity index (χ2n) is 10.9. The van der Waals surface area contributed by atoms with Crippen molar-refractivity contribution in [2.75, 3.05) is 0 Å². The zero-order valence-electron chi connectivity index (χ0n) is 21.7. The summed E-state index contributed by atoms with van der Waals surface area (Å²) in [5.41, 5.74) is 6.24. The molecule has 0 bridgehead atoms. The van der Waals surface area contributed by atoms with Crippen LogP contribution in [0.1, 0.15) is 22.6 Å². The van der Waals surface area contributed by atoms with Gasteiger partial charge in [0.1, 0.15) is 5.82 Å². The summed E-state index contributed by atoms with van der Waals surface area (Å²) in [7, 11) is 0. The van der Waals surface area contributed by atoms with Crippen molar-refractivity contribution in [3.05, 3.63) is 154 Å². The van der Waals surface area contributed by atoms with Gasteiger partial charge in [0, 0.05) is 16.7 Å². The molecule has 0 amide bonds. The summed E-state index contributed by atoms with van der Waals surface area (Å²) in [4.78, 5) is 0. The topological polar surface area (TPSA) is 0 Å². The fourth-order valence-corrected chi connectivity index (χ4v) is 7.33. The third-order valence-corrected chi connectivity index (χ3v) is 8.90. The first-order valence-corrected chi connectivity index (χ1v) is 13.9. The van der Waals surface area contributed by atoms with Crippen molar-refractivity contribution in [2.24, 2.45) is 0 Å². The Morgan fingerprint density at radius 3 is 2.12 bits per heavy atom. The molecule has 7 aromatic carbocycles. The van der Waals surface area contributed by atoms with Crippen molar-refractivity contribution in [1.82, 2.24) is 0 Å². The van der Waals surface area contributed by atoms with E-state index in [9.17, 15) is 0 Å². The van der Waals surface area contributed by atoms with E-state index in [2.05, 4.69) is 109 Å². The summed E-state index contributed by atoms with van der Waals surface area (Å²) >= 11 is 0. The van der Waals surface area contributed by atoms with Crippen molar-refractivity contribution in [2.45, 2.75) is 5.92 Å². The molecule has 0 aliphatic heterocycles. The largest absolute Gasteiger partial charge is 0.206 e. The van der Waals surface area contributed by atoms with E-state index in [1.165, 1.54) is 43.6 Å². The van der Waals surface area contributed by atoms with Crippen molar-refractivity contribution < 1.29 is 4.39 Å². The van der Waals surface area contributed by atoms with Gasteiger partial charge in [0.05, 0.1) is 0 Å². The lowest BCUT2D eigenvalue weighted by atomic mass is 9.78. The predicted octanol–water partition coefficient (Wildman–Crippen LogP) is 8.73. The highest BCUT2D eigenvalue weighted by molar-refractivity contribution is 6.35. The molecular formula is C39H23F. The summed E-state index contributed by atoms with van der Waals surface area (Å²) < 4.78 is 16.3. The molecule has 7 aromatic rings. The van der Waals surface area contributed by atoms with Crippen LogP contribution in [-0.2, 0) is 0 Å². The van der Waals surface area contributed by atoms with Crippen LogP contribution in [0.4, 0.5) is 4.39 Å². The van der Waals surface area contributed by atoms with Gasteiger partial charge in [-0.05, 0) is 82.7 Å². The van der Waals surface area contributed by atoms with Crippen LogP contribution >= 0.6 is 0 Å². The van der Waals surface area contributed by atoms with E-state index in [4.69, 9.17) is 0 Å². The SMILES string of the molecule is Fc1cc2ccccc2c2c1c1ccccc1c1c3c(c4c(c12)C(c1ccccc1)C=CC=4)=Cc1ccccc1-3. The second kappa shape index (κ2) is 8.00. The summed E-state index contributed by atoms with van der Waals surface area (Å²) in [6, 6.07) is 37.8. The standard InChI is InChI=1S/C39H23F/c40-33-22-25-14-5-7-16-28(25)37-36(33)29-17-8-9-18-30(29)38-35-27-15-6-4-13-24(27)21-32(35)31-20-10-19-26(34(31)39(37)38)23-11-2-1-3-12-23/h1-22,26H. The maximum atomic E-state index is 16.3. The molecule has 40 heavy (non-hydrogen) atoms. The Labute approximate surface area is 230 Å². The van der Waals surface area contributed by atoms with Gasteiger partial charge in [-0.25, -0.2) is 4.39 Å². The van der Waals surface area contributed by atoms with Gasteiger partial charge in [0.25, 0.3) is 0 Å². The van der Waals surface area contributed by atoms with Gasteiger partial charge in [0.2, 0.25) is 0 Å². The smallest absolute Gasteiger partial charge is 0.132 e. The molecule has 0 heterocycles. The highest BCUT2D eigenvalue weighted by Gasteiger charge is 2.28. The van der Waals surface area contributed by atoms with Crippen molar-refractivity contribution in [1.29, 1.82) is 0 Å². The van der Waals surface area contributed by atoms with E-state index in [0.29, 0.717) is 5.39 Å². The van der Waals surface area contributed by atoms with Gasteiger partial charge in [-0.1, -0.05) is 121 Å². The Balaban J connectivity index is 1.67. The van der Waals surface area contributed by atoms with Gasteiger partial charge >= 0.3 is 0 Å². The quantitative estimate of drug-likeness (QED) is 0.194. The maximum absolute atomic E-state index is 16.3. The maximum Gasteiger partial charge on any atom is 0.132 e. The van der Waals surface area contributed by atoms with Crippen LogP contribution in [0.5, 0.6) is 0 Å². The van der Waals surface area contributed by atoms with Crippen molar-refractivity contribution in [3.8, 4) is 11.1 Å². The number of rotatable bonds is 1. The summed E-state index contributed by atoms with van der Waals surface area (Å²) in [5.74, 6) is -0.114. The third kappa shape index (κ3) is 2.79. The lowest BCUT2D eigenvalue weighted by molar-refractivity contribution is 0.642. The molecule has 0 aromatic heterocycles. The summed E-state index contributed by atoms with van der Waals surface area (Å²) in [6.45, 7) is 0. The minimum atomic E-state index is -0.167. The fourth-order valence-electron chi connectivity index (χ4n) is 7.33. The minimum absolute atomic E-state index is 0.0532. The molecule has 0 spiro atoms. The third-order valence-electron chi connectivity index (χ3n) is 8.90. The highest BCUT2D eigenvalue weighted by atomic mass is 19.1. The first kappa shape index (κ1) is 21.9. The molecule has 2 aliphatic carbocycles. The monoisotopic (exact) mass is 510 g/mol. The van der Waals surface area contributed by atoms with Crippen LogP contribution in [0.2, 0.25) is 0 Å². The van der Waals surface area contributed by atoms with E-state index >= 15 is 4.39 Å². The first-order valence-electron chi connectivity index (χ1n) is 13.9. The molecule has 0 N–H and O–H groups in total. The molecule has 0 fully saturated rings. The zero-order valence-corrected chi connectivity index (χ0v) is 21.7. The lowest BCUT2D eigenvalue weighted by Crippen LogP contribution is -2.32. The van der Waals surface area contributed by atoms with Gasteiger partial charge in [-0.2, -0.15) is 0 Å². The number of hydrogen-bond acceptors (Lipinski definition) is 0. The molecule has 2 aliphatic rings. The Kier molecular flexibility index (Phi) is 4.38. The Morgan fingerprint density at radius 2 is 1.27 bits per heavy atom. The Hall–Kier alpha value is -5.01. The van der Waals surface area contributed by atoms with E-state index in [0.717, 1.165) is 32.3 Å². The molecule has 1 atom stereocenters. The average Bonchev–Trinajstić information content (AvgIpc) is 3.40. The van der Waals surface area contributed by atoms with Crippen LogP contribution in [0.25, 0.3) is 66.4 Å². The van der Waals surface area contributed by atoms with Crippen LogP contribution in [0.3, 0.4) is 0 Å². The lowest BCUT2D eigenvalue weighted by Gasteiger charge is -2.25. The van der Waals surface area contributed by atoms with Gasteiger partial charge < -0.3 is 0 Å². The molecule has 0 radical (unpaired) electrons. The predicted molar refractivity (Wildman–Crippen MR) is 167 cm³/mol. The zero-order chi connectivity index (χ0) is 26.4. The van der Waals surface area contributed by atoms with E-state index in [-0.39, 0.29) is 11.7 Å². The van der Waals surface area contributed by atoms with E-state index in [1.54, 1.807) is 6.07 Å². The van der Waals surface area contributed by atoms with Crippen LogP contribution in [0.15, 0.2) is 121 Å².